The highest BCUT2D eigenvalue weighted by molar-refractivity contribution is 9.10. The average Bonchev–Trinajstić information content (AvgIpc) is 2.36. The first-order valence-corrected chi connectivity index (χ1v) is 7.37. The van der Waals surface area contributed by atoms with E-state index in [1.54, 1.807) is 12.1 Å². The van der Waals surface area contributed by atoms with Crippen molar-refractivity contribution in [2.24, 2.45) is 0 Å². The molecule has 0 aliphatic carbocycles. The molecule has 0 aliphatic heterocycles. The Morgan fingerprint density at radius 2 is 1.79 bits per heavy atom. The summed E-state index contributed by atoms with van der Waals surface area (Å²) < 4.78 is 14.5. The molecule has 1 unspecified atom stereocenters. The zero-order valence-corrected chi connectivity index (χ0v) is 13.6. The smallest absolute Gasteiger partial charge is 0.142 e. The van der Waals surface area contributed by atoms with Crippen LogP contribution in [0.15, 0.2) is 34.8 Å². The van der Waals surface area contributed by atoms with Gasteiger partial charge in [0.15, 0.2) is 0 Å². The van der Waals surface area contributed by atoms with Crippen molar-refractivity contribution in [1.82, 2.24) is 0 Å². The van der Waals surface area contributed by atoms with Crippen LogP contribution in [0.2, 0.25) is 5.02 Å². The lowest BCUT2D eigenvalue weighted by Gasteiger charge is -2.16. The molecule has 0 aromatic heterocycles. The molecule has 19 heavy (non-hydrogen) atoms. The molecule has 0 nitrogen and oxygen atoms in total. The Bertz CT molecular complexity index is 626. The lowest BCUT2D eigenvalue weighted by atomic mass is 9.98. The van der Waals surface area contributed by atoms with E-state index in [-0.39, 0.29) is 5.02 Å². The first-order chi connectivity index (χ1) is 8.91. The van der Waals surface area contributed by atoms with E-state index in [0.717, 1.165) is 21.2 Å². The Hall–Kier alpha value is -0.570. The molecule has 0 N–H and O–H groups in total. The summed E-state index contributed by atoms with van der Waals surface area (Å²) >= 11 is 15.9. The number of benzene rings is 2. The summed E-state index contributed by atoms with van der Waals surface area (Å²) in [7, 11) is 0. The van der Waals surface area contributed by atoms with Crippen molar-refractivity contribution in [2.75, 3.05) is 0 Å². The van der Waals surface area contributed by atoms with Gasteiger partial charge < -0.3 is 0 Å². The van der Waals surface area contributed by atoms with Gasteiger partial charge in [-0.15, -0.1) is 11.6 Å². The summed E-state index contributed by atoms with van der Waals surface area (Å²) in [5.41, 5.74) is 3.65. The molecule has 0 radical (unpaired) electrons. The van der Waals surface area contributed by atoms with Crippen LogP contribution in [0.5, 0.6) is 0 Å². The second-order valence-corrected chi connectivity index (χ2v) is 6.13. The van der Waals surface area contributed by atoms with Gasteiger partial charge >= 0.3 is 0 Å². The molecule has 2 rings (SSSR count). The Labute approximate surface area is 130 Å². The lowest BCUT2D eigenvalue weighted by molar-refractivity contribution is 0.626. The topological polar surface area (TPSA) is 0 Å². The first kappa shape index (κ1) is 14.8. The molecule has 0 bridgehead atoms. The van der Waals surface area contributed by atoms with Gasteiger partial charge in [-0.1, -0.05) is 45.7 Å². The van der Waals surface area contributed by atoms with Crippen molar-refractivity contribution in [3.8, 4) is 0 Å². The van der Waals surface area contributed by atoms with Gasteiger partial charge in [-0.05, 0) is 48.2 Å². The molecule has 0 aliphatic rings. The minimum atomic E-state index is -0.463. The zero-order chi connectivity index (χ0) is 14.2. The molecular weight excluding hydrogens is 350 g/mol. The van der Waals surface area contributed by atoms with Gasteiger partial charge in [0.05, 0.1) is 10.4 Å². The van der Waals surface area contributed by atoms with Gasteiger partial charge in [-0.25, -0.2) is 4.39 Å². The number of aryl methyl sites for hydroxylation is 2. The van der Waals surface area contributed by atoms with E-state index in [1.807, 2.05) is 26.0 Å². The van der Waals surface area contributed by atoms with E-state index in [2.05, 4.69) is 15.9 Å². The van der Waals surface area contributed by atoms with Crippen molar-refractivity contribution in [2.45, 2.75) is 19.2 Å². The molecule has 0 fully saturated rings. The fraction of sp³-hybridized carbons (Fsp3) is 0.200. The van der Waals surface area contributed by atoms with Gasteiger partial charge in [-0.3, -0.25) is 0 Å². The van der Waals surface area contributed by atoms with Crippen molar-refractivity contribution in [3.05, 3.63) is 67.9 Å². The molecule has 0 saturated heterocycles. The van der Waals surface area contributed by atoms with E-state index in [0.29, 0.717) is 5.56 Å². The lowest BCUT2D eigenvalue weighted by Crippen LogP contribution is -1.99. The van der Waals surface area contributed by atoms with E-state index in [4.69, 9.17) is 23.2 Å². The summed E-state index contributed by atoms with van der Waals surface area (Å²) in [4.78, 5) is 0. The summed E-state index contributed by atoms with van der Waals surface area (Å²) in [6.07, 6.45) is 0. The summed E-state index contributed by atoms with van der Waals surface area (Å²) in [6.45, 7) is 3.96. The number of rotatable bonds is 2. The van der Waals surface area contributed by atoms with Crippen LogP contribution in [-0.2, 0) is 0 Å². The summed E-state index contributed by atoms with van der Waals surface area (Å²) in [6, 6.07) is 8.70. The number of hydrogen-bond donors (Lipinski definition) is 0. The van der Waals surface area contributed by atoms with Crippen molar-refractivity contribution < 1.29 is 4.39 Å². The maximum Gasteiger partial charge on any atom is 0.142 e. The quantitative estimate of drug-likeness (QED) is 0.559. The molecule has 0 spiro atoms. The third-order valence-electron chi connectivity index (χ3n) is 3.07. The van der Waals surface area contributed by atoms with E-state index in [1.165, 1.54) is 6.07 Å². The van der Waals surface area contributed by atoms with E-state index < -0.39 is 11.2 Å². The summed E-state index contributed by atoms with van der Waals surface area (Å²) in [5.74, 6) is -0.448. The Morgan fingerprint density at radius 1 is 1.11 bits per heavy atom. The van der Waals surface area contributed by atoms with E-state index >= 15 is 0 Å². The summed E-state index contributed by atoms with van der Waals surface area (Å²) in [5, 5.41) is -0.377. The molecular formula is C15H12BrCl2F. The molecule has 4 heteroatoms. The first-order valence-electron chi connectivity index (χ1n) is 5.76. The minimum Gasteiger partial charge on any atom is -0.205 e. The third kappa shape index (κ3) is 2.96. The highest BCUT2D eigenvalue weighted by Gasteiger charge is 2.19. The van der Waals surface area contributed by atoms with Crippen LogP contribution in [0.1, 0.15) is 27.6 Å². The second-order valence-electron chi connectivity index (χ2n) is 4.46. The number of hydrogen-bond acceptors (Lipinski definition) is 0. The second kappa shape index (κ2) is 5.82. The zero-order valence-electron chi connectivity index (χ0n) is 10.5. The molecule has 2 aromatic rings. The number of halogens is 4. The Balaban J connectivity index is 2.53. The highest BCUT2D eigenvalue weighted by Crippen LogP contribution is 2.37. The Morgan fingerprint density at radius 3 is 2.47 bits per heavy atom. The van der Waals surface area contributed by atoms with Crippen LogP contribution in [0.3, 0.4) is 0 Å². The fourth-order valence-electron chi connectivity index (χ4n) is 1.96. The van der Waals surface area contributed by atoms with Gasteiger partial charge in [0.2, 0.25) is 0 Å². The van der Waals surface area contributed by atoms with Crippen molar-refractivity contribution >= 4 is 39.1 Å². The van der Waals surface area contributed by atoms with Crippen LogP contribution >= 0.6 is 39.1 Å². The molecule has 0 heterocycles. The third-order valence-corrected chi connectivity index (χ3v) is 4.80. The molecule has 0 amide bonds. The molecule has 0 saturated carbocycles. The average molecular weight is 362 g/mol. The van der Waals surface area contributed by atoms with Crippen molar-refractivity contribution in [1.29, 1.82) is 0 Å². The predicted molar refractivity (Wildman–Crippen MR) is 82.7 cm³/mol. The van der Waals surface area contributed by atoms with Crippen LogP contribution in [0.4, 0.5) is 4.39 Å². The van der Waals surface area contributed by atoms with Crippen LogP contribution in [0, 0.1) is 19.7 Å². The van der Waals surface area contributed by atoms with Gasteiger partial charge in [-0.2, -0.15) is 0 Å². The minimum absolute atomic E-state index is 0.0856. The predicted octanol–water partition coefficient (Wildman–Crippen LogP) is 6.19. The monoisotopic (exact) mass is 360 g/mol. The standard InChI is InChI=1S/C15H12BrCl2F/c1-8-7-12(16)9(2)6-11(8)14(17)10-4-3-5-13(19)15(10)18/h3-7,14H,1-2H3. The Kier molecular flexibility index (Phi) is 4.54. The van der Waals surface area contributed by atoms with Crippen molar-refractivity contribution in [3.63, 3.8) is 0 Å². The normalized spacial score (nSPS) is 12.5. The number of alkyl halides is 1. The van der Waals surface area contributed by atoms with E-state index in [9.17, 15) is 4.39 Å². The molecule has 100 valence electrons. The largest absolute Gasteiger partial charge is 0.205 e. The fourth-order valence-corrected chi connectivity index (χ4v) is 3.13. The van der Waals surface area contributed by atoms with Crippen LogP contribution < -0.4 is 0 Å². The van der Waals surface area contributed by atoms with Crippen LogP contribution in [0.25, 0.3) is 0 Å². The molecule has 1 atom stereocenters. The SMILES string of the molecule is Cc1cc(C(Cl)c2cccc(F)c2Cl)c(C)cc1Br. The van der Waals surface area contributed by atoms with Gasteiger partial charge in [0.1, 0.15) is 5.82 Å². The van der Waals surface area contributed by atoms with Gasteiger partial charge in [0.25, 0.3) is 0 Å². The highest BCUT2D eigenvalue weighted by atomic mass is 79.9. The maximum absolute atomic E-state index is 13.5. The van der Waals surface area contributed by atoms with Crippen LogP contribution in [-0.4, -0.2) is 0 Å². The maximum atomic E-state index is 13.5. The molecule has 2 aromatic carbocycles. The van der Waals surface area contributed by atoms with Gasteiger partial charge in [0, 0.05) is 4.47 Å².